The van der Waals surface area contributed by atoms with Gasteiger partial charge in [0, 0.05) is 18.9 Å². The molecule has 7 rings (SSSR count). The molecule has 4 amide bonds. The second kappa shape index (κ2) is 17.1. The molecule has 348 valence electrons. The molecule has 2 aliphatic heterocycles. The minimum absolute atomic E-state index is 0.000782. The number of hydrogen-bond acceptors (Lipinski definition) is 11. The predicted molar refractivity (Wildman–Crippen MR) is 211 cm³/mol. The van der Waals surface area contributed by atoms with Crippen molar-refractivity contribution in [2.75, 3.05) is 6.54 Å². The van der Waals surface area contributed by atoms with Crippen LogP contribution >= 0.6 is 0 Å². The third-order valence-electron chi connectivity index (χ3n) is 13.1. The summed E-state index contributed by atoms with van der Waals surface area (Å²) in [4.78, 5) is 65.7. The molecule has 4 fully saturated rings. The van der Waals surface area contributed by atoms with Gasteiger partial charge >= 0.3 is 12.7 Å². The molecule has 22 heteroatoms. The van der Waals surface area contributed by atoms with Crippen molar-refractivity contribution in [1.29, 1.82) is 0 Å². The van der Waals surface area contributed by atoms with Gasteiger partial charge in [0.25, 0.3) is 11.8 Å². The Morgan fingerprint density at radius 2 is 1.71 bits per heavy atom. The molecule has 1 aromatic carbocycles. The van der Waals surface area contributed by atoms with Crippen LogP contribution in [0.2, 0.25) is 0 Å². The predicted octanol–water partition coefficient (Wildman–Crippen LogP) is 5.80. The number of alkyl carbamates (subject to hydrolysis) is 1. The van der Waals surface area contributed by atoms with Crippen molar-refractivity contribution in [2.45, 2.75) is 146 Å². The van der Waals surface area contributed by atoms with Gasteiger partial charge in [0.15, 0.2) is 5.69 Å². The van der Waals surface area contributed by atoms with Crippen LogP contribution in [0.4, 0.5) is 31.1 Å². The number of ether oxygens (including phenoxy) is 3. The summed E-state index contributed by atoms with van der Waals surface area (Å²) in [5.41, 5.74) is -4.64. The molecule has 5 aliphatic rings. The van der Waals surface area contributed by atoms with Crippen LogP contribution in [0, 0.1) is 29.1 Å². The van der Waals surface area contributed by atoms with E-state index in [2.05, 4.69) is 25.3 Å². The Bertz CT molecular complexity index is 2230. The Labute approximate surface area is 360 Å². The van der Waals surface area contributed by atoms with Crippen LogP contribution in [-0.2, 0) is 35.1 Å². The van der Waals surface area contributed by atoms with Crippen molar-refractivity contribution in [3.8, 4) is 11.6 Å². The van der Waals surface area contributed by atoms with E-state index in [4.69, 9.17) is 9.47 Å². The van der Waals surface area contributed by atoms with Gasteiger partial charge in [-0.2, -0.15) is 17.6 Å². The number of sulfonamides is 1. The quantitative estimate of drug-likeness (QED) is 0.271. The number of fused-ring (bicyclic) bond motifs is 5. The fraction of sp³-hybridized carbons (Fsp3) is 0.707. The van der Waals surface area contributed by atoms with Crippen molar-refractivity contribution in [3.63, 3.8) is 0 Å². The molecule has 3 N–H and O–H groups in total. The van der Waals surface area contributed by atoms with Crippen molar-refractivity contribution < 1.29 is 68.1 Å². The van der Waals surface area contributed by atoms with Crippen LogP contribution < -0.4 is 24.8 Å². The maximum Gasteiger partial charge on any atom is 0.408 e. The number of alkyl halides is 6. The minimum atomic E-state index is -4.25. The lowest BCUT2D eigenvalue weighted by atomic mass is 9.85. The van der Waals surface area contributed by atoms with Gasteiger partial charge in [-0.25, -0.2) is 32.0 Å². The fourth-order valence-electron chi connectivity index (χ4n) is 9.14. The highest BCUT2D eigenvalue weighted by Crippen LogP contribution is 2.49. The summed E-state index contributed by atoms with van der Waals surface area (Å²) in [6.07, 6.45) is -6.21. The summed E-state index contributed by atoms with van der Waals surface area (Å²) in [7, 11) is -4.25. The summed E-state index contributed by atoms with van der Waals surface area (Å²) in [6.45, 7) is 5.12. The van der Waals surface area contributed by atoms with Crippen LogP contribution in [0.1, 0.15) is 98.1 Å². The number of nitrogens with one attached hydrogen (secondary N) is 3. The van der Waals surface area contributed by atoms with Crippen molar-refractivity contribution in [1.82, 2.24) is 30.2 Å². The first-order valence-electron chi connectivity index (χ1n) is 21.2. The Morgan fingerprint density at radius 1 is 1.00 bits per heavy atom. The summed E-state index contributed by atoms with van der Waals surface area (Å²) < 4.78 is 131. The highest BCUT2D eigenvalue weighted by molar-refractivity contribution is 7.91. The lowest BCUT2D eigenvalue weighted by Gasteiger charge is -2.35. The molecular formula is C41H52F6N6O9S. The largest absolute Gasteiger partial charge is 0.471 e. The number of aromatic nitrogens is 2. The standard InChI is InChI=1S/C41H52F6N6O9S/c1-19-14-29-24(20(19)2)8-6-7-13-41(46,47)30-34(49-27-15-21(61-37(44)45)9-12-26(27)48-30)60-22-16-28(53(18-22)35(55)31(39(3,4)5)50-38(57)62-29)33(54)51-40(17-25(40)32(42)43)36(56)52-63(58,59)23-10-11-23/h9,12,15,19-20,22-25,28-29,31-32,37H,6-8,10-11,13-14,16-18H2,1-5H3,(H,50,57)(H,51,54)(H,52,56)/t19-,20-,22+,24+,25-,28-,29+,31+,40+/m0/s1. The molecule has 3 saturated carbocycles. The smallest absolute Gasteiger partial charge is 0.408 e. The van der Waals surface area contributed by atoms with E-state index in [1.165, 1.54) is 6.07 Å². The highest BCUT2D eigenvalue weighted by Gasteiger charge is 2.67. The monoisotopic (exact) mass is 918 g/mol. The lowest BCUT2D eigenvalue weighted by Crippen LogP contribution is -2.60. The molecule has 3 aliphatic carbocycles. The van der Waals surface area contributed by atoms with Crippen LogP contribution in [0.15, 0.2) is 18.2 Å². The second-order valence-corrected chi connectivity index (χ2v) is 20.7. The summed E-state index contributed by atoms with van der Waals surface area (Å²) in [6, 6.07) is 0.259. The Morgan fingerprint density at radius 3 is 2.35 bits per heavy atom. The third-order valence-corrected chi connectivity index (χ3v) is 15.0. The zero-order valence-corrected chi connectivity index (χ0v) is 36.2. The minimum Gasteiger partial charge on any atom is -0.471 e. The normalized spacial score (nSPS) is 31.5. The molecule has 15 nitrogen and oxygen atoms in total. The second-order valence-electron chi connectivity index (χ2n) is 18.7. The maximum absolute atomic E-state index is 16.4. The van der Waals surface area contributed by atoms with Gasteiger partial charge in [0.05, 0.1) is 28.7 Å². The Balaban J connectivity index is 1.28. The van der Waals surface area contributed by atoms with Crippen LogP contribution in [-0.4, -0.2) is 102 Å². The number of carbonyl (C=O) groups excluding carboxylic acids is 4. The van der Waals surface area contributed by atoms with Gasteiger partial charge in [-0.3, -0.25) is 19.1 Å². The number of halogens is 6. The van der Waals surface area contributed by atoms with E-state index in [0.29, 0.717) is 19.3 Å². The topological polar surface area (TPSA) is 195 Å². The fourth-order valence-corrected chi connectivity index (χ4v) is 10.5. The van der Waals surface area contributed by atoms with Gasteiger partial charge in [0.2, 0.25) is 34.1 Å². The molecule has 0 radical (unpaired) electrons. The number of rotatable bonds is 8. The zero-order valence-electron chi connectivity index (χ0n) is 35.3. The highest BCUT2D eigenvalue weighted by atomic mass is 32.2. The van der Waals surface area contributed by atoms with Crippen molar-refractivity contribution in [3.05, 3.63) is 23.9 Å². The molecule has 2 aromatic rings. The summed E-state index contributed by atoms with van der Waals surface area (Å²) in [5, 5.41) is 4.05. The van der Waals surface area contributed by atoms with Gasteiger partial charge in [-0.05, 0) is 73.8 Å². The van der Waals surface area contributed by atoms with E-state index in [0.717, 1.165) is 17.0 Å². The molecule has 1 aromatic heterocycles. The number of hydrogen-bond donors (Lipinski definition) is 3. The van der Waals surface area contributed by atoms with Crippen LogP contribution in [0.25, 0.3) is 11.0 Å². The number of benzene rings is 1. The van der Waals surface area contributed by atoms with Crippen LogP contribution in [0.3, 0.4) is 0 Å². The number of carbonyl (C=O) groups is 4. The molecular weight excluding hydrogens is 867 g/mol. The summed E-state index contributed by atoms with van der Waals surface area (Å²) in [5.74, 6) is -10.1. The lowest BCUT2D eigenvalue weighted by molar-refractivity contribution is -0.143. The van der Waals surface area contributed by atoms with Crippen molar-refractivity contribution >= 4 is 44.9 Å². The van der Waals surface area contributed by atoms with E-state index in [9.17, 15) is 45.2 Å². The molecule has 1 saturated heterocycles. The van der Waals surface area contributed by atoms with Gasteiger partial charge < -0.3 is 29.7 Å². The van der Waals surface area contributed by atoms with E-state index in [-0.39, 0.29) is 53.8 Å². The van der Waals surface area contributed by atoms with E-state index < -0.39 is 137 Å². The molecule has 2 bridgehead atoms. The van der Waals surface area contributed by atoms with E-state index in [1.807, 2.05) is 18.6 Å². The first-order valence-corrected chi connectivity index (χ1v) is 22.7. The molecule has 0 unspecified atom stereocenters. The zero-order chi connectivity index (χ0) is 46.0. The van der Waals surface area contributed by atoms with Crippen LogP contribution in [0.5, 0.6) is 11.6 Å². The van der Waals surface area contributed by atoms with Crippen molar-refractivity contribution in [2.24, 2.45) is 29.1 Å². The molecule has 3 heterocycles. The Kier molecular flexibility index (Phi) is 12.6. The first-order chi connectivity index (χ1) is 29.4. The molecule has 0 spiro atoms. The Hall–Kier alpha value is -4.63. The van der Waals surface area contributed by atoms with E-state index in [1.54, 1.807) is 20.8 Å². The molecule has 9 atom stereocenters. The van der Waals surface area contributed by atoms with Gasteiger partial charge in [-0.1, -0.05) is 41.0 Å². The SMILES string of the molecule is C[C@@H]1[C@H]2CCCCC(F)(F)c3nc4ccc(OC(F)F)cc4nc3O[C@@H]3C[C@@H](C(=O)N[C@]4(C(=O)NS(=O)(=O)C5CC5)C[C@H]4C(F)F)N(C3)C(=O)[C@H](C(C)(C)C)NC(=O)O[C@@H]2C[C@@H]1C. The summed E-state index contributed by atoms with van der Waals surface area (Å²) >= 11 is 0. The first kappa shape index (κ1) is 46.4. The van der Waals surface area contributed by atoms with Gasteiger partial charge in [0.1, 0.15) is 35.6 Å². The van der Waals surface area contributed by atoms with E-state index >= 15 is 8.78 Å². The average Bonchev–Trinajstić information content (AvgIpc) is 4.10. The average molecular weight is 919 g/mol. The number of amides is 4. The third kappa shape index (κ3) is 9.74. The molecule has 63 heavy (non-hydrogen) atoms. The van der Waals surface area contributed by atoms with Gasteiger partial charge in [-0.15, -0.1) is 0 Å². The number of nitrogens with zero attached hydrogens (tertiary/aromatic N) is 3. The maximum atomic E-state index is 16.4.